The van der Waals surface area contributed by atoms with E-state index in [-0.39, 0.29) is 27.1 Å². The van der Waals surface area contributed by atoms with Crippen LogP contribution in [0.25, 0.3) is 5.57 Å². The maximum atomic E-state index is 14.5. The van der Waals surface area contributed by atoms with Gasteiger partial charge in [0.15, 0.2) is 0 Å². The van der Waals surface area contributed by atoms with E-state index in [9.17, 15) is 4.79 Å². The number of allylic oxidation sites excluding steroid dienone is 3. The van der Waals surface area contributed by atoms with E-state index in [0.29, 0.717) is 48.6 Å². The Labute approximate surface area is 314 Å². The summed E-state index contributed by atoms with van der Waals surface area (Å²) in [4.78, 5) is 24.5. The second kappa shape index (κ2) is 14.2. The Bertz CT molecular complexity index is 1650. The molecule has 2 N–H and O–H groups in total. The third-order valence-corrected chi connectivity index (χ3v) is 16.5. The Morgan fingerprint density at radius 3 is 2.29 bits per heavy atom. The first-order valence-electron chi connectivity index (χ1n) is 20.5. The van der Waals surface area contributed by atoms with Crippen LogP contribution in [0, 0.1) is 56.7 Å². The van der Waals surface area contributed by atoms with Crippen molar-refractivity contribution < 1.29 is 14.6 Å². The summed E-state index contributed by atoms with van der Waals surface area (Å²) in [5.41, 5.74) is 7.08. The van der Waals surface area contributed by atoms with Gasteiger partial charge in [0.25, 0.3) is 0 Å². The van der Waals surface area contributed by atoms with E-state index in [2.05, 4.69) is 119 Å². The van der Waals surface area contributed by atoms with Gasteiger partial charge in [-0.3, -0.25) is 4.79 Å². The molecule has 5 aliphatic carbocycles. The van der Waals surface area contributed by atoms with E-state index in [1.165, 1.54) is 48.0 Å². The zero-order valence-corrected chi connectivity index (χ0v) is 33.3. The lowest BCUT2D eigenvalue weighted by molar-refractivity contribution is -0.282. The lowest BCUT2D eigenvalue weighted by atomic mass is 9.32. The molecule has 282 valence electrons. The lowest BCUT2D eigenvalue weighted by Crippen LogP contribution is -2.66. The van der Waals surface area contributed by atoms with Crippen molar-refractivity contribution in [3.05, 3.63) is 89.5 Å². The van der Waals surface area contributed by atoms with Crippen molar-refractivity contribution >= 4 is 11.5 Å². The quantitative estimate of drug-likeness (QED) is 0.106. The topological polar surface area (TPSA) is 59.6 Å². The van der Waals surface area contributed by atoms with Crippen LogP contribution in [0.3, 0.4) is 0 Å². The van der Waals surface area contributed by atoms with Gasteiger partial charge in [-0.2, -0.15) is 0 Å². The van der Waals surface area contributed by atoms with Crippen LogP contribution in [-0.2, 0) is 27.7 Å². The highest BCUT2D eigenvalue weighted by Crippen LogP contribution is 2.77. The normalized spacial score (nSPS) is 37.5. The molecule has 2 aromatic carbocycles. The summed E-state index contributed by atoms with van der Waals surface area (Å²) in [5, 5.41) is 7.01. The van der Waals surface area contributed by atoms with Crippen LogP contribution in [0.4, 0.5) is 0 Å². The summed E-state index contributed by atoms with van der Waals surface area (Å²) < 4.78 is 0. The number of hydrogen-bond acceptors (Lipinski definition) is 4. The largest absolute Gasteiger partial charge is 0.354 e. The van der Waals surface area contributed by atoms with Crippen LogP contribution in [0.15, 0.2) is 72.8 Å². The minimum absolute atomic E-state index is 0.0862. The molecule has 5 heteroatoms. The van der Waals surface area contributed by atoms with Crippen molar-refractivity contribution in [1.29, 1.82) is 0 Å². The van der Waals surface area contributed by atoms with Gasteiger partial charge < -0.3 is 10.6 Å². The third kappa shape index (κ3) is 5.96. The summed E-state index contributed by atoms with van der Waals surface area (Å²) in [6.07, 6.45) is 13.1. The molecule has 5 aliphatic rings. The van der Waals surface area contributed by atoms with Gasteiger partial charge in [-0.05, 0) is 138 Å². The minimum Gasteiger partial charge on any atom is -0.354 e. The molecule has 0 bridgehead atoms. The van der Waals surface area contributed by atoms with Gasteiger partial charge in [0, 0.05) is 19.6 Å². The third-order valence-electron chi connectivity index (χ3n) is 16.5. The van der Waals surface area contributed by atoms with Gasteiger partial charge in [0.2, 0.25) is 5.91 Å². The van der Waals surface area contributed by atoms with E-state index in [4.69, 9.17) is 9.78 Å². The first-order valence-corrected chi connectivity index (χ1v) is 20.5. The van der Waals surface area contributed by atoms with Crippen molar-refractivity contribution in [1.82, 2.24) is 10.6 Å². The number of rotatable bonds is 11. The van der Waals surface area contributed by atoms with Crippen LogP contribution >= 0.6 is 0 Å². The Balaban J connectivity index is 1.11. The summed E-state index contributed by atoms with van der Waals surface area (Å²) in [5.74, 6) is 3.00. The first kappa shape index (κ1) is 37.6. The standard InChI is InChI=1S/C47H66N2O3/c1-32(2)36-20-25-47(42(50)49-29-28-48-30-33-12-10-9-11-13-33)27-26-45(6)38(41(36)47)18-19-40-44(5)23-21-37(35-16-14-34(15-17-35)31-52-51-8)43(3,4)39(44)22-24-46(40,45)7/h9-17,21,36,38-41,48H,1,18-20,22-31H2,2-8H3,(H,49,50)/t36-,38+,39-,40+,41+,44-,45+,46+,47-/m0/s1. The molecule has 5 nitrogen and oxygen atoms in total. The monoisotopic (exact) mass is 707 g/mol. The van der Waals surface area contributed by atoms with Gasteiger partial charge in [-0.1, -0.05) is 107 Å². The van der Waals surface area contributed by atoms with Crippen LogP contribution in [0.5, 0.6) is 0 Å². The molecule has 0 aliphatic heterocycles. The molecule has 1 amide bonds. The Hall–Kier alpha value is -2.73. The number of amides is 1. The number of hydrogen-bond donors (Lipinski definition) is 2. The average molecular weight is 707 g/mol. The molecule has 0 spiro atoms. The number of carbonyl (C=O) groups is 1. The van der Waals surface area contributed by atoms with E-state index in [1.54, 1.807) is 7.11 Å². The summed E-state index contributed by atoms with van der Waals surface area (Å²) in [6, 6.07) is 19.5. The molecule has 0 heterocycles. The molecule has 4 fully saturated rings. The molecule has 52 heavy (non-hydrogen) atoms. The van der Waals surface area contributed by atoms with Crippen molar-refractivity contribution in [2.45, 2.75) is 112 Å². The number of carbonyl (C=O) groups excluding carboxylic acids is 1. The minimum atomic E-state index is -0.271. The van der Waals surface area contributed by atoms with Gasteiger partial charge in [-0.15, -0.1) is 0 Å². The van der Waals surface area contributed by atoms with Gasteiger partial charge in [0.1, 0.15) is 6.61 Å². The number of benzene rings is 2. The van der Waals surface area contributed by atoms with Crippen molar-refractivity contribution in [2.24, 2.45) is 56.7 Å². The Kier molecular flexibility index (Phi) is 10.2. The average Bonchev–Trinajstić information content (AvgIpc) is 3.53. The molecule has 7 rings (SSSR count). The van der Waals surface area contributed by atoms with E-state index in [1.807, 2.05) is 0 Å². The highest BCUT2D eigenvalue weighted by Gasteiger charge is 2.71. The molecular formula is C47H66N2O3. The van der Waals surface area contributed by atoms with Crippen molar-refractivity contribution in [3.63, 3.8) is 0 Å². The lowest BCUT2D eigenvalue weighted by Gasteiger charge is -2.72. The fourth-order valence-electron chi connectivity index (χ4n) is 13.8. The molecule has 4 saturated carbocycles. The van der Waals surface area contributed by atoms with Gasteiger partial charge in [0.05, 0.1) is 12.5 Å². The van der Waals surface area contributed by atoms with Gasteiger partial charge in [-0.25, -0.2) is 9.78 Å². The predicted octanol–water partition coefficient (Wildman–Crippen LogP) is 10.3. The smallest absolute Gasteiger partial charge is 0.226 e. The number of fused-ring (bicyclic) bond motifs is 7. The van der Waals surface area contributed by atoms with Crippen LogP contribution in [0.2, 0.25) is 0 Å². The Morgan fingerprint density at radius 2 is 1.58 bits per heavy atom. The second-order valence-corrected chi connectivity index (χ2v) is 18.9. The molecular weight excluding hydrogens is 641 g/mol. The molecule has 2 aromatic rings. The molecule has 9 atom stereocenters. The molecule has 0 unspecified atom stereocenters. The Morgan fingerprint density at radius 1 is 0.827 bits per heavy atom. The summed E-state index contributed by atoms with van der Waals surface area (Å²) in [6.45, 7) is 22.7. The molecule has 0 saturated heterocycles. The highest BCUT2D eigenvalue weighted by molar-refractivity contribution is 5.84. The van der Waals surface area contributed by atoms with Crippen LogP contribution in [0.1, 0.15) is 116 Å². The van der Waals surface area contributed by atoms with E-state index in [0.717, 1.165) is 50.8 Å². The molecule has 0 aromatic heterocycles. The number of nitrogens with one attached hydrogen (secondary N) is 2. The zero-order valence-electron chi connectivity index (χ0n) is 33.3. The highest BCUT2D eigenvalue weighted by atomic mass is 17.2. The summed E-state index contributed by atoms with van der Waals surface area (Å²) in [7, 11) is 1.56. The van der Waals surface area contributed by atoms with E-state index >= 15 is 0 Å². The van der Waals surface area contributed by atoms with Crippen molar-refractivity contribution in [3.8, 4) is 0 Å². The fraction of sp³-hybridized carbons (Fsp3) is 0.638. The van der Waals surface area contributed by atoms with Crippen molar-refractivity contribution in [2.75, 3.05) is 20.2 Å². The second-order valence-electron chi connectivity index (χ2n) is 18.9. The fourth-order valence-corrected chi connectivity index (χ4v) is 13.8. The maximum Gasteiger partial charge on any atom is 0.226 e. The maximum absolute atomic E-state index is 14.5. The zero-order chi connectivity index (χ0) is 36.9. The predicted molar refractivity (Wildman–Crippen MR) is 212 cm³/mol. The van der Waals surface area contributed by atoms with Gasteiger partial charge >= 0.3 is 0 Å². The first-order chi connectivity index (χ1) is 24.8. The van der Waals surface area contributed by atoms with Crippen LogP contribution in [-0.4, -0.2) is 26.1 Å². The molecule has 0 radical (unpaired) electrons. The summed E-state index contributed by atoms with van der Waals surface area (Å²) >= 11 is 0. The SMILES string of the molecule is C=C(C)[C@@H]1CC[C@]2(C(=O)NCCNCc3ccccc3)CC[C@]3(C)[C@H](CC[C@@H]4[C@@]5(C)CC=C(c6ccc(COOC)cc6)C(C)(C)[C@@H]5CC[C@]43C)[C@@H]12. The van der Waals surface area contributed by atoms with E-state index < -0.39 is 0 Å². The van der Waals surface area contributed by atoms with Crippen LogP contribution < -0.4 is 10.6 Å².